The van der Waals surface area contributed by atoms with Gasteiger partial charge in [-0.1, -0.05) is 13.3 Å². The highest BCUT2D eigenvalue weighted by Gasteiger charge is 2.29. The molecule has 0 aliphatic rings. The molecule has 1 amide bonds. The van der Waals surface area contributed by atoms with Crippen molar-refractivity contribution in [2.24, 2.45) is 5.73 Å². The zero-order valence-electron chi connectivity index (χ0n) is 12.8. The Morgan fingerprint density at radius 2 is 1.95 bits per heavy atom. The number of primary amides is 1. The number of rotatable bonds is 12. The lowest BCUT2D eigenvalue weighted by Gasteiger charge is -2.27. The molecule has 0 bridgehead atoms. The van der Waals surface area contributed by atoms with E-state index < -0.39 is 15.4 Å². The second kappa shape index (κ2) is 9.63. The minimum Gasteiger partial charge on any atom is -0.368 e. The van der Waals surface area contributed by atoms with Crippen molar-refractivity contribution < 1.29 is 13.2 Å². The normalized spacial score (nSPS) is 14.9. The third-order valence-corrected chi connectivity index (χ3v) is 5.40. The molecular weight excluding hydrogens is 296 g/mol. The number of amides is 1. The third-order valence-electron chi connectivity index (χ3n) is 3.12. The quantitative estimate of drug-likeness (QED) is 0.526. The molecule has 3 N–H and O–H groups in total. The molecule has 0 rings (SSSR count). The van der Waals surface area contributed by atoms with Gasteiger partial charge < -0.3 is 11.1 Å². The van der Waals surface area contributed by atoms with Crippen molar-refractivity contribution >= 4 is 27.5 Å². The van der Waals surface area contributed by atoms with E-state index >= 15 is 0 Å². The van der Waals surface area contributed by atoms with Crippen molar-refractivity contribution in [3.8, 4) is 0 Å². The van der Waals surface area contributed by atoms with E-state index in [4.69, 9.17) is 5.73 Å². The number of carbonyl (C=O) groups is 1. The number of sulfone groups is 1. The van der Waals surface area contributed by atoms with Gasteiger partial charge in [-0.05, 0) is 38.5 Å². The van der Waals surface area contributed by atoms with E-state index in [1.165, 1.54) is 6.26 Å². The van der Waals surface area contributed by atoms with Gasteiger partial charge in [0, 0.05) is 12.0 Å². The number of nitrogens with one attached hydrogen (secondary N) is 1. The van der Waals surface area contributed by atoms with Crippen molar-refractivity contribution in [1.82, 2.24) is 5.32 Å². The average Bonchev–Trinajstić information content (AvgIpc) is 2.33. The summed E-state index contributed by atoms with van der Waals surface area (Å²) in [5.74, 6) is 1.48. The topological polar surface area (TPSA) is 89.3 Å². The Labute approximate surface area is 127 Å². The van der Waals surface area contributed by atoms with Crippen LogP contribution in [0, 0.1) is 0 Å². The molecule has 20 heavy (non-hydrogen) atoms. The van der Waals surface area contributed by atoms with Crippen molar-refractivity contribution in [1.29, 1.82) is 0 Å². The number of carbonyl (C=O) groups excluding carboxylic acids is 1. The van der Waals surface area contributed by atoms with Crippen LogP contribution in [0.4, 0.5) is 0 Å². The van der Waals surface area contributed by atoms with Gasteiger partial charge in [-0.15, -0.1) is 0 Å². The zero-order valence-corrected chi connectivity index (χ0v) is 14.4. The summed E-state index contributed by atoms with van der Waals surface area (Å²) in [6, 6.07) is 0. The van der Waals surface area contributed by atoms with Gasteiger partial charge >= 0.3 is 0 Å². The summed E-state index contributed by atoms with van der Waals surface area (Å²) in [6.07, 6.45) is 4.80. The molecule has 0 aromatic rings. The standard InChI is InChI=1S/C13H28N2O3S2/c1-4-8-15-13(2,12(14)16)7-5-6-9-19-10-11-20(3,17)18/h15H,4-11H2,1-3H3,(H2,14,16). The smallest absolute Gasteiger partial charge is 0.237 e. The molecule has 1 unspecified atom stereocenters. The first-order valence-corrected chi connectivity index (χ1v) is 10.2. The molecule has 7 heteroatoms. The number of hydrogen-bond acceptors (Lipinski definition) is 5. The summed E-state index contributed by atoms with van der Waals surface area (Å²) in [5.41, 5.74) is 4.82. The van der Waals surface area contributed by atoms with E-state index in [2.05, 4.69) is 5.32 Å². The van der Waals surface area contributed by atoms with Crippen LogP contribution >= 0.6 is 11.8 Å². The summed E-state index contributed by atoms with van der Waals surface area (Å²) in [5, 5.41) is 3.21. The van der Waals surface area contributed by atoms with Gasteiger partial charge in [-0.25, -0.2) is 8.42 Å². The van der Waals surface area contributed by atoms with Crippen LogP contribution in [0.3, 0.4) is 0 Å². The van der Waals surface area contributed by atoms with Crippen LogP contribution in [0.2, 0.25) is 0 Å². The van der Waals surface area contributed by atoms with Gasteiger partial charge in [0.25, 0.3) is 0 Å². The first kappa shape index (κ1) is 19.7. The van der Waals surface area contributed by atoms with Crippen LogP contribution < -0.4 is 11.1 Å². The van der Waals surface area contributed by atoms with Crippen molar-refractivity contribution in [2.45, 2.75) is 45.1 Å². The highest BCUT2D eigenvalue weighted by Crippen LogP contribution is 2.15. The molecule has 0 heterocycles. The highest BCUT2D eigenvalue weighted by molar-refractivity contribution is 8.00. The highest BCUT2D eigenvalue weighted by atomic mass is 32.2. The van der Waals surface area contributed by atoms with Gasteiger partial charge in [0.05, 0.1) is 11.3 Å². The Hall–Kier alpha value is -0.270. The Kier molecular flexibility index (Phi) is 9.50. The Bertz CT molecular complexity index is 385. The maximum Gasteiger partial charge on any atom is 0.237 e. The molecule has 120 valence electrons. The van der Waals surface area contributed by atoms with Crippen molar-refractivity contribution in [2.75, 3.05) is 30.1 Å². The number of hydrogen-bond donors (Lipinski definition) is 2. The largest absolute Gasteiger partial charge is 0.368 e. The second-order valence-corrected chi connectivity index (χ2v) is 8.81. The minimum absolute atomic E-state index is 0.231. The van der Waals surface area contributed by atoms with Gasteiger partial charge in [0.2, 0.25) is 5.91 Å². The molecular formula is C13H28N2O3S2. The maximum absolute atomic E-state index is 11.5. The fourth-order valence-corrected chi connectivity index (χ4v) is 3.99. The maximum atomic E-state index is 11.5. The van der Waals surface area contributed by atoms with Gasteiger partial charge in [0.1, 0.15) is 9.84 Å². The lowest BCUT2D eigenvalue weighted by molar-refractivity contribution is -0.124. The number of thioether (sulfide) groups is 1. The predicted molar refractivity (Wildman–Crippen MR) is 86.8 cm³/mol. The number of unbranched alkanes of at least 4 members (excludes halogenated alkanes) is 1. The zero-order chi connectivity index (χ0) is 15.6. The predicted octanol–water partition coefficient (Wildman–Crippen LogP) is 1.18. The van der Waals surface area contributed by atoms with E-state index in [9.17, 15) is 13.2 Å². The van der Waals surface area contributed by atoms with Crippen LogP contribution in [-0.2, 0) is 14.6 Å². The van der Waals surface area contributed by atoms with E-state index in [1.54, 1.807) is 11.8 Å². The monoisotopic (exact) mass is 324 g/mol. The van der Waals surface area contributed by atoms with Crippen LogP contribution in [0.1, 0.15) is 39.5 Å². The lowest BCUT2D eigenvalue weighted by Crippen LogP contribution is -2.53. The Morgan fingerprint density at radius 3 is 2.45 bits per heavy atom. The second-order valence-electron chi connectivity index (χ2n) is 5.32. The molecule has 0 saturated carbocycles. The van der Waals surface area contributed by atoms with Gasteiger partial charge in [-0.3, -0.25) is 4.79 Å². The van der Waals surface area contributed by atoms with Gasteiger partial charge in [-0.2, -0.15) is 11.8 Å². The fourth-order valence-electron chi connectivity index (χ4n) is 1.69. The van der Waals surface area contributed by atoms with E-state index in [0.29, 0.717) is 5.75 Å². The first-order chi connectivity index (χ1) is 9.21. The number of nitrogens with two attached hydrogens (primary N) is 1. The fraction of sp³-hybridized carbons (Fsp3) is 0.923. The Morgan fingerprint density at radius 1 is 1.30 bits per heavy atom. The lowest BCUT2D eigenvalue weighted by atomic mass is 9.94. The van der Waals surface area contributed by atoms with E-state index in [0.717, 1.165) is 38.0 Å². The van der Waals surface area contributed by atoms with Crippen molar-refractivity contribution in [3.05, 3.63) is 0 Å². The molecule has 0 aromatic carbocycles. The first-order valence-electron chi connectivity index (χ1n) is 7.01. The van der Waals surface area contributed by atoms with Crippen molar-refractivity contribution in [3.63, 3.8) is 0 Å². The molecule has 1 atom stereocenters. The van der Waals surface area contributed by atoms with Crippen LogP contribution in [0.25, 0.3) is 0 Å². The van der Waals surface area contributed by atoms with Crippen LogP contribution in [0.15, 0.2) is 0 Å². The molecule has 0 saturated heterocycles. The molecule has 5 nitrogen and oxygen atoms in total. The summed E-state index contributed by atoms with van der Waals surface area (Å²) >= 11 is 1.64. The summed E-state index contributed by atoms with van der Waals surface area (Å²) in [7, 11) is -2.85. The minimum atomic E-state index is -2.85. The summed E-state index contributed by atoms with van der Waals surface area (Å²) in [4.78, 5) is 11.5. The van der Waals surface area contributed by atoms with Crippen LogP contribution in [0.5, 0.6) is 0 Å². The average molecular weight is 325 g/mol. The molecule has 0 aliphatic heterocycles. The van der Waals surface area contributed by atoms with E-state index in [1.807, 2.05) is 13.8 Å². The molecule has 0 radical (unpaired) electrons. The Balaban J connectivity index is 3.82. The van der Waals surface area contributed by atoms with Crippen LogP contribution in [-0.4, -0.2) is 49.9 Å². The molecule has 0 spiro atoms. The molecule has 0 aromatic heterocycles. The molecule has 0 aliphatic carbocycles. The summed E-state index contributed by atoms with van der Waals surface area (Å²) < 4.78 is 21.9. The summed E-state index contributed by atoms with van der Waals surface area (Å²) in [6.45, 7) is 4.68. The SMILES string of the molecule is CCCNC(C)(CCCCSCCS(C)(=O)=O)C(N)=O. The third kappa shape index (κ3) is 9.61. The van der Waals surface area contributed by atoms with Gasteiger partial charge in [0.15, 0.2) is 0 Å². The molecule has 0 fully saturated rings. The van der Waals surface area contributed by atoms with E-state index in [-0.39, 0.29) is 11.7 Å².